The summed E-state index contributed by atoms with van der Waals surface area (Å²) in [5.41, 5.74) is 6.89. The number of fused-ring (bicyclic) bond motifs is 3. The Labute approximate surface area is 233 Å². The predicted molar refractivity (Wildman–Crippen MR) is 152 cm³/mol. The molecule has 5 heteroatoms. The van der Waals surface area contributed by atoms with E-state index in [9.17, 15) is 0 Å². The van der Waals surface area contributed by atoms with Gasteiger partial charge in [-0.2, -0.15) is 0 Å². The fraction of sp³-hybridized carbons (Fsp3) is 0.125. The molecule has 3 aromatic heterocycles. The summed E-state index contributed by atoms with van der Waals surface area (Å²) in [5.74, 6) is 0. The maximum absolute atomic E-state index is 6.26. The van der Waals surface area contributed by atoms with Crippen LogP contribution in [0.5, 0.6) is 0 Å². The van der Waals surface area contributed by atoms with E-state index >= 15 is 0 Å². The SMILES string of the molecule is Cc1ccnc(-c2[c-]ccc3c2oc2cccc([Si](C)(C)C)c23)c1.[Ir].[c-]1ccccc1-c1ccccn1. The molecule has 6 aromatic rings. The van der Waals surface area contributed by atoms with Crippen LogP contribution < -0.4 is 5.19 Å². The van der Waals surface area contributed by atoms with Crippen molar-refractivity contribution in [2.75, 3.05) is 0 Å². The van der Waals surface area contributed by atoms with Gasteiger partial charge in [-0.25, -0.2) is 0 Å². The Balaban J connectivity index is 0.000000208. The summed E-state index contributed by atoms with van der Waals surface area (Å²) in [6.45, 7) is 9.20. The molecule has 0 saturated carbocycles. The van der Waals surface area contributed by atoms with Crippen molar-refractivity contribution in [2.24, 2.45) is 0 Å². The number of aromatic nitrogens is 2. The van der Waals surface area contributed by atoms with Crippen molar-refractivity contribution in [3.63, 3.8) is 0 Å². The number of aryl methyl sites for hydroxylation is 1. The van der Waals surface area contributed by atoms with Gasteiger partial charge in [-0.1, -0.05) is 71.7 Å². The minimum absolute atomic E-state index is 0. The third-order valence-corrected chi connectivity index (χ3v) is 8.12. The second kappa shape index (κ2) is 11.3. The first-order valence-electron chi connectivity index (χ1n) is 12.1. The van der Waals surface area contributed by atoms with Crippen LogP contribution in [-0.2, 0) is 20.1 Å². The smallest absolute Gasteiger partial charge is 0.120 e. The van der Waals surface area contributed by atoms with Crippen LogP contribution in [0.1, 0.15) is 5.56 Å². The molecule has 0 aliphatic carbocycles. The third kappa shape index (κ3) is 5.80. The molecule has 3 heterocycles. The van der Waals surface area contributed by atoms with E-state index in [4.69, 9.17) is 4.42 Å². The fourth-order valence-electron chi connectivity index (χ4n) is 4.35. The van der Waals surface area contributed by atoms with Crippen molar-refractivity contribution < 1.29 is 24.5 Å². The molecule has 0 fully saturated rings. The van der Waals surface area contributed by atoms with Crippen LogP contribution in [-0.4, -0.2) is 18.0 Å². The van der Waals surface area contributed by atoms with Crippen LogP contribution in [0.3, 0.4) is 0 Å². The molecule has 0 atom stereocenters. The first-order chi connectivity index (χ1) is 17.4. The van der Waals surface area contributed by atoms with Crippen molar-refractivity contribution in [1.82, 2.24) is 9.97 Å². The Morgan fingerprint density at radius 1 is 0.757 bits per heavy atom. The molecule has 0 spiro atoms. The van der Waals surface area contributed by atoms with Gasteiger partial charge in [0.25, 0.3) is 0 Å². The second-order valence-corrected chi connectivity index (χ2v) is 14.9. The molecule has 0 unspecified atom stereocenters. The third-order valence-electron chi connectivity index (χ3n) is 6.09. The van der Waals surface area contributed by atoms with Crippen molar-refractivity contribution >= 4 is 35.2 Å². The molecular formula is C32H28IrN2OSi-2. The minimum atomic E-state index is -1.47. The fourth-order valence-corrected chi connectivity index (χ4v) is 5.96. The average molecular weight is 677 g/mol. The standard InChI is InChI=1S/C21H20NOSi.C11H8N.Ir/c1-14-11-12-22-17(13-14)15-7-5-8-16-20-18(23-21(15)16)9-6-10-19(20)24(2,3)4;1-2-6-10(7-3-1)11-8-4-5-9-12-11;/h5-6,8-13H,1-4H3;1-6,8-9H;/q2*-1;. The summed E-state index contributed by atoms with van der Waals surface area (Å²) in [6, 6.07) is 34.8. The van der Waals surface area contributed by atoms with E-state index in [0.717, 1.165) is 33.7 Å². The molecule has 0 bridgehead atoms. The first-order valence-corrected chi connectivity index (χ1v) is 15.6. The van der Waals surface area contributed by atoms with Crippen molar-refractivity contribution in [2.45, 2.75) is 26.6 Å². The van der Waals surface area contributed by atoms with E-state index in [0.29, 0.717) is 0 Å². The van der Waals surface area contributed by atoms with Crippen LogP contribution in [0.15, 0.2) is 102 Å². The Hall–Kier alpha value is -3.37. The van der Waals surface area contributed by atoms with Gasteiger partial charge in [0.2, 0.25) is 0 Å². The van der Waals surface area contributed by atoms with E-state index in [1.54, 1.807) is 6.20 Å². The number of benzene rings is 3. The molecule has 0 aliphatic rings. The zero-order valence-electron chi connectivity index (χ0n) is 21.4. The van der Waals surface area contributed by atoms with Gasteiger partial charge >= 0.3 is 0 Å². The maximum atomic E-state index is 6.26. The molecule has 6 rings (SSSR count). The van der Waals surface area contributed by atoms with E-state index in [-0.39, 0.29) is 20.1 Å². The molecule has 3 aromatic carbocycles. The first kappa shape index (κ1) is 26.7. The Morgan fingerprint density at radius 3 is 2.27 bits per heavy atom. The van der Waals surface area contributed by atoms with E-state index < -0.39 is 8.07 Å². The molecule has 3 nitrogen and oxygen atoms in total. The van der Waals surface area contributed by atoms with Crippen LogP contribution in [0.2, 0.25) is 19.6 Å². The van der Waals surface area contributed by atoms with Crippen molar-refractivity contribution in [3.8, 4) is 22.5 Å². The summed E-state index contributed by atoms with van der Waals surface area (Å²) in [7, 11) is -1.47. The topological polar surface area (TPSA) is 38.9 Å². The normalized spacial score (nSPS) is 11.0. The minimum Gasteiger partial charge on any atom is -0.501 e. The number of hydrogen-bond acceptors (Lipinski definition) is 3. The molecular weight excluding hydrogens is 649 g/mol. The van der Waals surface area contributed by atoms with Crippen LogP contribution in [0.4, 0.5) is 0 Å². The Morgan fingerprint density at radius 2 is 1.57 bits per heavy atom. The summed E-state index contributed by atoms with van der Waals surface area (Å²) in [5, 5.41) is 3.86. The number of pyridine rings is 2. The summed E-state index contributed by atoms with van der Waals surface area (Å²) < 4.78 is 6.26. The molecule has 37 heavy (non-hydrogen) atoms. The Bertz CT molecular complexity index is 1590. The largest absolute Gasteiger partial charge is 0.501 e. The van der Waals surface area contributed by atoms with Crippen LogP contribution in [0.25, 0.3) is 44.5 Å². The van der Waals surface area contributed by atoms with Gasteiger partial charge in [0.15, 0.2) is 0 Å². The van der Waals surface area contributed by atoms with Gasteiger partial charge in [0, 0.05) is 37.9 Å². The molecule has 0 saturated heterocycles. The molecule has 1 radical (unpaired) electrons. The van der Waals surface area contributed by atoms with Gasteiger partial charge in [-0.15, -0.1) is 54.1 Å². The van der Waals surface area contributed by atoms with Gasteiger partial charge in [-0.05, 0) is 36.5 Å². The summed E-state index contributed by atoms with van der Waals surface area (Å²) >= 11 is 0. The average Bonchev–Trinajstić information content (AvgIpc) is 3.28. The van der Waals surface area contributed by atoms with Crippen molar-refractivity contribution in [3.05, 3.63) is 115 Å². The second-order valence-electron chi connectivity index (χ2n) is 9.84. The number of hydrogen-bond donors (Lipinski definition) is 0. The Kier molecular flexibility index (Phi) is 8.18. The molecule has 0 N–H and O–H groups in total. The van der Waals surface area contributed by atoms with Crippen LogP contribution in [0, 0.1) is 19.1 Å². The number of nitrogens with zero attached hydrogens (tertiary/aromatic N) is 2. The van der Waals surface area contributed by atoms with Crippen molar-refractivity contribution in [1.29, 1.82) is 0 Å². The number of furan rings is 1. The van der Waals surface area contributed by atoms with E-state index in [2.05, 4.69) is 79.0 Å². The van der Waals surface area contributed by atoms with Gasteiger partial charge in [0.1, 0.15) is 5.58 Å². The number of rotatable bonds is 3. The van der Waals surface area contributed by atoms with E-state index in [1.807, 2.05) is 60.8 Å². The van der Waals surface area contributed by atoms with Gasteiger partial charge in [-0.3, -0.25) is 0 Å². The molecule has 187 valence electrons. The zero-order valence-corrected chi connectivity index (χ0v) is 24.8. The summed E-state index contributed by atoms with van der Waals surface area (Å²) in [6.07, 6.45) is 3.63. The maximum Gasteiger partial charge on any atom is 0.120 e. The monoisotopic (exact) mass is 677 g/mol. The predicted octanol–water partition coefficient (Wildman–Crippen LogP) is 7.85. The summed E-state index contributed by atoms with van der Waals surface area (Å²) in [4.78, 5) is 8.74. The zero-order chi connectivity index (χ0) is 25.1. The molecule has 0 amide bonds. The van der Waals surface area contributed by atoms with Gasteiger partial charge in [0.05, 0.1) is 13.7 Å². The van der Waals surface area contributed by atoms with Gasteiger partial charge < -0.3 is 14.4 Å². The molecule has 0 aliphatic heterocycles. The quantitative estimate of drug-likeness (QED) is 0.142. The van der Waals surface area contributed by atoms with Crippen LogP contribution >= 0.6 is 0 Å². The van der Waals surface area contributed by atoms with E-state index in [1.165, 1.54) is 21.5 Å².